The summed E-state index contributed by atoms with van der Waals surface area (Å²) in [5, 5.41) is 9.16. The highest BCUT2D eigenvalue weighted by molar-refractivity contribution is 4.84. The fraction of sp³-hybridized carbons (Fsp3) is 1.00. The van der Waals surface area contributed by atoms with Crippen LogP contribution in [-0.2, 0) is 23.7 Å². The largest absolute Gasteiger partial charge is 0.396 e. The van der Waals surface area contributed by atoms with Gasteiger partial charge in [0.15, 0.2) is 0 Å². The van der Waals surface area contributed by atoms with Crippen LogP contribution in [0.3, 0.4) is 0 Å². The summed E-state index contributed by atoms with van der Waals surface area (Å²) in [6.45, 7) is 2.98. The van der Waals surface area contributed by atoms with Crippen LogP contribution in [0.5, 0.6) is 0 Å². The van der Waals surface area contributed by atoms with Gasteiger partial charge in [-0.05, 0) is 32.1 Å². The molecule has 0 radical (unpaired) electrons. The Labute approximate surface area is 178 Å². The smallest absolute Gasteiger partial charge is 0.146 e. The summed E-state index contributed by atoms with van der Waals surface area (Å²) >= 11 is 0. The Hall–Kier alpha value is -0.240. The summed E-state index contributed by atoms with van der Waals surface area (Å²) in [5.41, 5.74) is 0. The minimum atomic E-state index is -0.0432. The lowest BCUT2D eigenvalue weighted by Gasteiger charge is -2.27. The minimum absolute atomic E-state index is 0.0360. The van der Waals surface area contributed by atoms with E-state index in [0.29, 0.717) is 13.2 Å². The normalized spacial score (nSPS) is 21.5. The minimum Gasteiger partial charge on any atom is -0.396 e. The van der Waals surface area contributed by atoms with E-state index in [2.05, 4.69) is 6.92 Å². The van der Waals surface area contributed by atoms with Gasteiger partial charge in [-0.3, -0.25) is 0 Å². The van der Waals surface area contributed by atoms with E-state index in [4.69, 9.17) is 28.8 Å². The molecular formula is C23H46O6. The Kier molecular flexibility index (Phi) is 17.1. The van der Waals surface area contributed by atoms with E-state index in [1.165, 1.54) is 51.4 Å². The Morgan fingerprint density at radius 3 is 1.72 bits per heavy atom. The fourth-order valence-corrected chi connectivity index (χ4v) is 4.07. The van der Waals surface area contributed by atoms with E-state index in [9.17, 15) is 0 Å². The molecule has 1 N–H and O–H groups in total. The monoisotopic (exact) mass is 418 g/mol. The quantitative estimate of drug-likeness (QED) is 0.226. The van der Waals surface area contributed by atoms with Gasteiger partial charge in [0.1, 0.15) is 13.6 Å². The molecule has 0 aliphatic carbocycles. The highest BCUT2D eigenvalue weighted by Crippen LogP contribution is 2.30. The Morgan fingerprint density at radius 2 is 1.24 bits per heavy atom. The lowest BCUT2D eigenvalue weighted by molar-refractivity contribution is -0.159. The molecule has 4 atom stereocenters. The van der Waals surface area contributed by atoms with Crippen molar-refractivity contribution in [2.45, 2.75) is 115 Å². The second-order valence-corrected chi connectivity index (χ2v) is 8.14. The molecule has 0 bridgehead atoms. The highest BCUT2D eigenvalue weighted by atomic mass is 16.7. The van der Waals surface area contributed by atoms with E-state index < -0.39 is 0 Å². The summed E-state index contributed by atoms with van der Waals surface area (Å²) in [6, 6.07) is 0. The van der Waals surface area contributed by atoms with Crippen LogP contribution in [-0.4, -0.2) is 63.9 Å². The van der Waals surface area contributed by atoms with E-state index in [1.807, 2.05) is 0 Å². The van der Waals surface area contributed by atoms with E-state index in [1.54, 1.807) is 14.2 Å². The zero-order chi connectivity index (χ0) is 21.2. The van der Waals surface area contributed by atoms with Gasteiger partial charge in [0.05, 0.1) is 24.4 Å². The lowest BCUT2D eigenvalue weighted by Crippen LogP contribution is -2.34. The number of aliphatic hydroxyl groups is 1. The van der Waals surface area contributed by atoms with Gasteiger partial charge in [0, 0.05) is 20.8 Å². The highest BCUT2D eigenvalue weighted by Gasteiger charge is 2.36. The molecule has 0 aromatic heterocycles. The predicted molar refractivity (Wildman–Crippen MR) is 115 cm³/mol. The first kappa shape index (κ1) is 26.8. The SMILES string of the molecule is CCCCCCCCCC[C@H](OCOC)[C@H]1CC[C@H]([C@@H](CCCO)OCOC)O1. The number of ether oxygens (including phenoxy) is 5. The molecule has 1 rings (SSSR count). The third-order valence-corrected chi connectivity index (χ3v) is 5.70. The zero-order valence-electron chi connectivity index (χ0n) is 19.1. The van der Waals surface area contributed by atoms with Gasteiger partial charge in [0.25, 0.3) is 0 Å². The van der Waals surface area contributed by atoms with E-state index >= 15 is 0 Å². The maximum absolute atomic E-state index is 9.16. The molecule has 6 heteroatoms. The van der Waals surface area contributed by atoms with Crippen molar-refractivity contribution in [3.8, 4) is 0 Å². The van der Waals surface area contributed by atoms with E-state index in [-0.39, 0.29) is 37.8 Å². The Morgan fingerprint density at radius 1 is 0.759 bits per heavy atom. The van der Waals surface area contributed by atoms with Crippen LogP contribution in [0.2, 0.25) is 0 Å². The summed E-state index contributed by atoms with van der Waals surface area (Å²) < 4.78 is 28.4. The van der Waals surface area contributed by atoms with Crippen LogP contribution in [0.25, 0.3) is 0 Å². The van der Waals surface area contributed by atoms with Crippen molar-refractivity contribution < 1.29 is 28.8 Å². The molecule has 0 unspecified atom stereocenters. The van der Waals surface area contributed by atoms with Crippen molar-refractivity contribution in [1.29, 1.82) is 0 Å². The molecule has 1 aliphatic heterocycles. The number of aliphatic hydroxyl groups excluding tert-OH is 1. The van der Waals surface area contributed by atoms with Gasteiger partial charge >= 0.3 is 0 Å². The average Bonchev–Trinajstić information content (AvgIpc) is 3.22. The van der Waals surface area contributed by atoms with Crippen molar-refractivity contribution in [3.63, 3.8) is 0 Å². The van der Waals surface area contributed by atoms with Crippen LogP contribution in [0.15, 0.2) is 0 Å². The first-order valence-electron chi connectivity index (χ1n) is 11.7. The molecular weight excluding hydrogens is 372 g/mol. The molecule has 6 nitrogen and oxygen atoms in total. The molecule has 1 fully saturated rings. The van der Waals surface area contributed by atoms with Crippen LogP contribution >= 0.6 is 0 Å². The molecule has 29 heavy (non-hydrogen) atoms. The standard InChI is InChI=1S/C23H46O6/c1-4-5-6-7-8-9-10-11-13-20(27-18-25-2)22-15-16-23(29-22)21(14-12-17-24)28-19-26-3/h20-24H,4-19H2,1-3H3/t20-,21+,22+,23+/m0/s1. The van der Waals surface area contributed by atoms with Crippen molar-refractivity contribution in [2.75, 3.05) is 34.4 Å². The first-order valence-corrected chi connectivity index (χ1v) is 11.7. The van der Waals surface area contributed by atoms with Crippen LogP contribution in [0.4, 0.5) is 0 Å². The molecule has 174 valence electrons. The van der Waals surface area contributed by atoms with Crippen molar-refractivity contribution >= 4 is 0 Å². The number of hydrogen-bond donors (Lipinski definition) is 1. The summed E-state index contributed by atoms with van der Waals surface area (Å²) in [6.07, 6.45) is 15.0. The fourth-order valence-electron chi connectivity index (χ4n) is 4.07. The predicted octanol–water partition coefficient (Wildman–Crippen LogP) is 4.82. The third kappa shape index (κ3) is 12.3. The molecule has 1 saturated heterocycles. The maximum atomic E-state index is 9.16. The zero-order valence-corrected chi connectivity index (χ0v) is 19.1. The van der Waals surface area contributed by atoms with Gasteiger partial charge in [-0.15, -0.1) is 0 Å². The molecule has 0 amide bonds. The number of unbranched alkanes of at least 4 members (excludes halogenated alkanes) is 7. The van der Waals surface area contributed by atoms with Crippen LogP contribution in [0.1, 0.15) is 90.4 Å². The van der Waals surface area contributed by atoms with Crippen molar-refractivity contribution in [2.24, 2.45) is 0 Å². The number of methoxy groups -OCH3 is 2. The van der Waals surface area contributed by atoms with Gasteiger partial charge in [0.2, 0.25) is 0 Å². The summed E-state index contributed by atoms with van der Waals surface area (Å²) in [7, 11) is 3.29. The van der Waals surface area contributed by atoms with Crippen molar-refractivity contribution in [1.82, 2.24) is 0 Å². The van der Waals surface area contributed by atoms with E-state index in [0.717, 1.165) is 25.7 Å². The Balaban J connectivity index is 2.39. The lowest BCUT2D eigenvalue weighted by atomic mass is 10.0. The Bertz CT molecular complexity index is 346. The molecule has 0 aromatic carbocycles. The summed E-state index contributed by atoms with van der Waals surface area (Å²) in [5.74, 6) is 0. The first-order chi connectivity index (χ1) is 14.3. The maximum Gasteiger partial charge on any atom is 0.146 e. The van der Waals surface area contributed by atoms with Crippen molar-refractivity contribution in [3.05, 3.63) is 0 Å². The molecule has 0 spiro atoms. The average molecular weight is 419 g/mol. The van der Waals surface area contributed by atoms with Crippen LogP contribution in [0, 0.1) is 0 Å². The number of rotatable bonds is 20. The molecule has 0 aromatic rings. The topological polar surface area (TPSA) is 66.4 Å². The summed E-state index contributed by atoms with van der Waals surface area (Å²) in [4.78, 5) is 0. The van der Waals surface area contributed by atoms with Gasteiger partial charge in [-0.1, -0.05) is 58.3 Å². The molecule has 1 heterocycles. The second-order valence-electron chi connectivity index (χ2n) is 8.14. The number of hydrogen-bond acceptors (Lipinski definition) is 6. The molecule has 1 aliphatic rings. The third-order valence-electron chi connectivity index (χ3n) is 5.70. The van der Waals surface area contributed by atoms with Crippen LogP contribution < -0.4 is 0 Å². The van der Waals surface area contributed by atoms with Gasteiger partial charge in [-0.2, -0.15) is 0 Å². The van der Waals surface area contributed by atoms with Gasteiger partial charge in [-0.25, -0.2) is 0 Å². The molecule has 0 saturated carbocycles. The van der Waals surface area contributed by atoms with Gasteiger partial charge < -0.3 is 28.8 Å². The second kappa shape index (κ2) is 18.5.